The molecule has 1 heterocycles. The number of fused-ring (bicyclic) bond motifs is 1. The number of nitrogens with zero attached hydrogens (tertiary/aromatic N) is 3. The van der Waals surface area contributed by atoms with Gasteiger partial charge in [0.15, 0.2) is 0 Å². The van der Waals surface area contributed by atoms with Gasteiger partial charge in [-0.2, -0.15) is 5.26 Å². The molecule has 3 rings (SSSR count). The van der Waals surface area contributed by atoms with Crippen molar-refractivity contribution < 1.29 is 14.6 Å². The number of esters is 1. The summed E-state index contributed by atoms with van der Waals surface area (Å²) in [6.45, 7) is 2.42. The van der Waals surface area contributed by atoms with E-state index < -0.39 is 5.97 Å². The van der Waals surface area contributed by atoms with Crippen molar-refractivity contribution in [2.24, 2.45) is 7.05 Å². The van der Waals surface area contributed by atoms with Crippen LogP contribution in [0.4, 0.5) is 0 Å². The Kier molecular flexibility index (Phi) is 8.40. The van der Waals surface area contributed by atoms with E-state index in [4.69, 9.17) is 4.74 Å². The van der Waals surface area contributed by atoms with E-state index in [1.165, 1.54) is 0 Å². The summed E-state index contributed by atoms with van der Waals surface area (Å²) in [5.74, 6) is 0.0425. The van der Waals surface area contributed by atoms with Crippen molar-refractivity contribution in [3.8, 4) is 11.8 Å². The fourth-order valence-corrected chi connectivity index (χ4v) is 4.52. The molecule has 2 aromatic carbocycles. The first kappa shape index (κ1) is 24.6. The van der Waals surface area contributed by atoms with Gasteiger partial charge in [0, 0.05) is 40.9 Å². The van der Waals surface area contributed by atoms with Crippen molar-refractivity contribution in [1.82, 2.24) is 9.47 Å². The molecule has 8 heteroatoms. The summed E-state index contributed by atoms with van der Waals surface area (Å²) in [6, 6.07) is 13.7. The number of rotatable bonds is 7. The Balaban J connectivity index is 0.00000341. The van der Waals surface area contributed by atoms with Crippen LogP contribution in [0.2, 0.25) is 0 Å². The normalized spacial score (nSPS) is 10.7. The average Bonchev–Trinajstić information content (AvgIpc) is 3.00. The maximum absolute atomic E-state index is 13.0. The highest BCUT2D eigenvalue weighted by Gasteiger charge is 2.27. The fraction of sp³-hybridized carbons (Fsp3) is 0.304. The van der Waals surface area contributed by atoms with Gasteiger partial charge >= 0.3 is 5.97 Å². The second-order valence-electron chi connectivity index (χ2n) is 7.20. The Labute approximate surface area is 192 Å². The van der Waals surface area contributed by atoms with Crippen molar-refractivity contribution in [3.05, 3.63) is 58.8 Å². The van der Waals surface area contributed by atoms with Gasteiger partial charge in [0.2, 0.25) is 0 Å². The van der Waals surface area contributed by atoms with Gasteiger partial charge in [0.25, 0.3) is 0 Å². The van der Waals surface area contributed by atoms with E-state index in [-0.39, 0.29) is 30.3 Å². The van der Waals surface area contributed by atoms with Crippen LogP contribution in [0.5, 0.6) is 5.75 Å². The predicted molar refractivity (Wildman–Crippen MR) is 126 cm³/mol. The molecule has 164 valence electrons. The van der Waals surface area contributed by atoms with Crippen LogP contribution >= 0.6 is 24.2 Å². The number of benzene rings is 2. The Hall–Kier alpha value is -2.66. The summed E-state index contributed by atoms with van der Waals surface area (Å²) in [6.07, 6.45) is 0. The Morgan fingerprint density at radius 1 is 1.29 bits per heavy atom. The monoisotopic (exact) mass is 459 g/mol. The topological polar surface area (TPSA) is 78.5 Å². The summed E-state index contributed by atoms with van der Waals surface area (Å²) in [7, 11) is 5.64. The van der Waals surface area contributed by atoms with Gasteiger partial charge in [0.1, 0.15) is 11.8 Å². The van der Waals surface area contributed by atoms with Crippen LogP contribution in [-0.2, 0) is 24.1 Å². The van der Waals surface area contributed by atoms with Gasteiger partial charge in [-0.3, -0.25) is 0 Å². The first-order valence-corrected chi connectivity index (χ1v) is 10.6. The van der Waals surface area contributed by atoms with Crippen LogP contribution in [0.15, 0.2) is 41.3 Å². The minimum absolute atomic E-state index is 0. The molecule has 0 unspecified atom stereocenters. The van der Waals surface area contributed by atoms with Gasteiger partial charge < -0.3 is 19.3 Å². The van der Waals surface area contributed by atoms with E-state index in [0.29, 0.717) is 28.8 Å². The number of carbonyl (C=O) groups is 1. The molecule has 0 saturated carbocycles. The van der Waals surface area contributed by atoms with Crippen molar-refractivity contribution in [2.75, 3.05) is 20.7 Å². The lowest BCUT2D eigenvalue weighted by Gasteiger charge is -2.15. The number of phenols is 1. The second-order valence-corrected chi connectivity index (χ2v) is 8.25. The predicted octanol–water partition coefficient (Wildman–Crippen LogP) is 4.71. The van der Waals surface area contributed by atoms with Gasteiger partial charge in [-0.05, 0) is 39.2 Å². The maximum atomic E-state index is 13.0. The number of hydrogen-bond donors (Lipinski definition) is 1. The smallest absolute Gasteiger partial charge is 0.340 e. The summed E-state index contributed by atoms with van der Waals surface area (Å²) in [5, 5.41) is 20.9. The first-order chi connectivity index (χ1) is 14.4. The molecular weight excluding hydrogens is 434 g/mol. The molecule has 0 aliphatic rings. The lowest BCUT2D eigenvalue weighted by atomic mass is 10.00. The lowest BCUT2D eigenvalue weighted by Crippen LogP contribution is -2.13. The molecule has 0 aliphatic heterocycles. The van der Waals surface area contributed by atoms with Crippen LogP contribution in [0.3, 0.4) is 0 Å². The number of aromatic nitrogens is 1. The van der Waals surface area contributed by atoms with E-state index in [2.05, 4.69) is 6.07 Å². The molecule has 0 spiro atoms. The molecule has 0 bridgehead atoms. The highest BCUT2D eigenvalue weighted by Crippen LogP contribution is 2.39. The van der Waals surface area contributed by atoms with Gasteiger partial charge in [0.05, 0.1) is 23.3 Å². The summed E-state index contributed by atoms with van der Waals surface area (Å²) >= 11 is 1.62. The Morgan fingerprint density at radius 3 is 2.55 bits per heavy atom. The third-order valence-corrected chi connectivity index (χ3v) is 5.90. The number of ether oxygens (including phenoxy) is 1. The first-order valence-electron chi connectivity index (χ1n) is 9.64. The van der Waals surface area contributed by atoms with Crippen molar-refractivity contribution >= 4 is 41.0 Å². The number of hydrogen-bond acceptors (Lipinski definition) is 6. The molecule has 0 atom stereocenters. The molecule has 0 aliphatic carbocycles. The van der Waals surface area contributed by atoms with Crippen molar-refractivity contribution in [3.63, 3.8) is 0 Å². The number of aromatic hydroxyl groups is 1. The lowest BCUT2D eigenvalue weighted by molar-refractivity contribution is 0.0527. The van der Waals surface area contributed by atoms with Crippen LogP contribution in [0.25, 0.3) is 10.9 Å². The molecular formula is C23H26ClN3O3S. The van der Waals surface area contributed by atoms with E-state index in [0.717, 1.165) is 16.1 Å². The Morgan fingerprint density at radius 2 is 1.97 bits per heavy atom. The van der Waals surface area contributed by atoms with Gasteiger partial charge in [-0.25, -0.2) is 4.79 Å². The third kappa shape index (κ3) is 4.99. The largest absolute Gasteiger partial charge is 0.506 e. The highest BCUT2D eigenvalue weighted by molar-refractivity contribution is 7.98. The number of aryl methyl sites for hydroxylation is 1. The zero-order valence-electron chi connectivity index (χ0n) is 18.0. The molecule has 31 heavy (non-hydrogen) atoms. The number of phenolic OH excluding ortho intramolecular Hbond substituents is 1. The number of thioether (sulfide) groups is 1. The van der Waals surface area contributed by atoms with Crippen LogP contribution < -0.4 is 0 Å². The molecule has 0 saturated heterocycles. The minimum Gasteiger partial charge on any atom is -0.506 e. The molecule has 0 amide bonds. The van der Waals surface area contributed by atoms with E-state index >= 15 is 0 Å². The van der Waals surface area contributed by atoms with Crippen molar-refractivity contribution in [2.45, 2.75) is 24.1 Å². The second kappa shape index (κ2) is 10.6. The molecule has 0 fully saturated rings. The SMILES string of the molecule is CCOC(=O)c1c(CSc2ccccc2)n(C)c2cc(C#N)c(O)c(CN(C)C)c12.Cl. The van der Waals surface area contributed by atoms with Crippen molar-refractivity contribution in [1.29, 1.82) is 5.26 Å². The van der Waals surface area contributed by atoms with Crippen LogP contribution in [0.1, 0.15) is 34.1 Å². The zero-order chi connectivity index (χ0) is 21.8. The third-order valence-electron chi connectivity index (χ3n) is 4.88. The zero-order valence-corrected chi connectivity index (χ0v) is 19.6. The number of halogens is 1. The Bertz CT molecular complexity index is 1120. The maximum Gasteiger partial charge on any atom is 0.340 e. The molecule has 3 aromatic rings. The molecule has 1 N–H and O–H groups in total. The average molecular weight is 460 g/mol. The quantitative estimate of drug-likeness (QED) is 0.407. The fourth-order valence-electron chi connectivity index (χ4n) is 3.53. The number of carbonyl (C=O) groups excluding carboxylic acids is 1. The summed E-state index contributed by atoms with van der Waals surface area (Å²) in [4.78, 5) is 16.0. The summed E-state index contributed by atoms with van der Waals surface area (Å²) < 4.78 is 7.30. The van der Waals surface area contributed by atoms with E-state index in [1.54, 1.807) is 24.8 Å². The van der Waals surface area contributed by atoms with Crippen LogP contribution in [-0.4, -0.2) is 41.2 Å². The van der Waals surface area contributed by atoms with E-state index in [1.807, 2.05) is 60.9 Å². The molecule has 1 aromatic heterocycles. The van der Waals surface area contributed by atoms with Gasteiger partial charge in [-0.15, -0.1) is 24.2 Å². The molecule has 0 radical (unpaired) electrons. The summed E-state index contributed by atoms with van der Waals surface area (Å²) in [5.41, 5.74) is 2.73. The molecule has 6 nitrogen and oxygen atoms in total. The van der Waals surface area contributed by atoms with Gasteiger partial charge in [-0.1, -0.05) is 18.2 Å². The minimum atomic E-state index is -0.420. The van der Waals surface area contributed by atoms with E-state index in [9.17, 15) is 15.2 Å². The number of nitriles is 1. The standard InChI is InChI=1S/C23H25N3O3S.ClH/c1-5-29-23(28)21-19(14-30-16-9-7-6-8-10-16)26(4)18-11-15(12-24)22(27)17(20(18)21)13-25(2)3;/h6-11,27H,5,13-14H2,1-4H3;1H. The highest BCUT2D eigenvalue weighted by atomic mass is 35.5. The van der Waals surface area contributed by atoms with Crippen LogP contribution in [0, 0.1) is 11.3 Å².